The van der Waals surface area contributed by atoms with Gasteiger partial charge in [-0.2, -0.15) is 0 Å². The highest BCUT2D eigenvalue weighted by atomic mass is 16.4. The van der Waals surface area contributed by atoms with Gasteiger partial charge in [0.1, 0.15) is 0 Å². The van der Waals surface area contributed by atoms with E-state index >= 15 is 0 Å². The number of allylic oxidation sites excluding steroid dienone is 2. The lowest BCUT2D eigenvalue weighted by atomic mass is 10.1. The molecule has 0 fully saturated rings. The molecule has 0 spiro atoms. The van der Waals surface area contributed by atoms with E-state index in [-0.39, 0.29) is 12.3 Å². The zero-order chi connectivity index (χ0) is 16.8. The highest BCUT2D eigenvalue weighted by Gasteiger charge is 1.97. The van der Waals surface area contributed by atoms with Crippen molar-refractivity contribution in [2.24, 2.45) is 0 Å². The first-order chi connectivity index (χ1) is 11.2. The van der Waals surface area contributed by atoms with Crippen LogP contribution in [0.1, 0.15) is 44.1 Å². The molecule has 4 heteroatoms. The Labute approximate surface area is 137 Å². The van der Waals surface area contributed by atoms with Crippen LogP contribution in [-0.4, -0.2) is 23.5 Å². The summed E-state index contributed by atoms with van der Waals surface area (Å²) in [6.07, 6.45) is 11.9. The topological polar surface area (TPSA) is 66.4 Å². The summed E-state index contributed by atoms with van der Waals surface area (Å²) in [5, 5.41) is 11.3. The van der Waals surface area contributed by atoms with E-state index in [1.54, 1.807) is 6.08 Å². The maximum Gasteiger partial charge on any atom is 0.303 e. The average molecular weight is 315 g/mol. The van der Waals surface area contributed by atoms with E-state index in [2.05, 4.69) is 5.32 Å². The highest BCUT2D eigenvalue weighted by molar-refractivity contribution is 5.87. The normalized spacial score (nSPS) is 11.1. The minimum Gasteiger partial charge on any atom is -0.481 e. The summed E-state index contributed by atoms with van der Waals surface area (Å²) in [5.41, 5.74) is 1.10. The van der Waals surface area contributed by atoms with Crippen molar-refractivity contribution in [1.29, 1.82) is 0 Å². The first kappa shape index (κ1) is 18.7. The molecule has 2 N–H and O–H groups in total. The van der Waals surface area contributed by atoms with Crippen molar-refractivity contribution in [3.05, 3.63) is 54.1 Å². The molecular formula is C19H25NO3. The van der Waals surface area contributed by atoms with Crippen LogP contribution in [-0.2, 0) is 9.59 Å². The number of unbranched alkanes of at least 4 members (excludes halogenated alkanes) is 4. The summed E-state index contributed by atoms with van der Waals surface area (Å²) in [6.45, 7) is 0.657. The van der Waals surface area contributed by atoms with Crippen molar-refractivity contribution in [2.45, 2.75) is 38.5 Å². The van der Waals surface area contributed by atoms with Crippen LogP contribution in [0.25, 0.3) is 6.08 Å². The molecule has 0 unspecified atom stereocenters. The summed E-state index contributed by atoms with van der Waals surface area (Å²) >= 11 is 0. The standard InChI is InChI=1S/C19H25NO3/c21-18(14-9-8-13-17-11-5-4-6-12-17)20-16-10-3-1-2-7-15-19(22)23/h4-6,8-9,11-14H,1-3,7,10,15-16H2,(H,20,21)(H,22,23)/b13-8+,14-9+. The molecule has 1 aromatic rings. The number of carboxylic acids is 1. The Hall–Kier alpha value is -2.36. The fraction of sp³-hybridized carbons (Fsp3) is 0.368. The zero-order valence-corrected chi connectivity index (χ0v) is 13.4. The quantitative estimate of drug-likeness (QED) is 0.371. The molecule has 0 bridgehead atoms. The third kappa shape index (κ3) is 10.9. The van der Waals surface area contributed by atoms with E-state index < -0.39 is 5.97 Å². The molecule has 0 heterocycles. The molecule has 23 heavy (non-hydrogen) atoms. The number of hydrogen-bond acceptors (Lipinski definition) is 2. The summed E-state index contributed by atoms with van der Waals surface area (Å²) < 4.78 is 0. The van der Waals surface area contributed by atoms with Crippen LogP contribution in [0.2, 0.25) is 0 Å². The first-order valence-corrected chi connectivity index (χ1v) is 8.08. The number of rotatable bonds is 11. The number of carbonyl (C=O) groups is 2. The van der Waals surface area contributed by atoms with Crippen LogP contribution in [0.15, 0.2) is 48.6 Å². The second kappa shape index (κ2) is 12.2. The molecule has 124 valence electrons. The Bertz CT molecular complexity index is 521. The van der Waals surface area contributed by atoms with E-state index in [4.69, 9.17) is 5.11 Å². The van der Waals surface area contributed by atoms with Crippen LogP contribution < -0.4 is 5.32 Å². The minimum absolute atomic E-state index is 0.0893. The molecule has 0 saturated carbocycles. The fourth-order valence-corrected chi connectivity index (χ4v) is 2.08. The van der Waals surface area contributed by atoms with Crippen LogP contribution in [0.5, 0.6) is 0 Å². The Morgan fingerprint density at radius 1 is 0.957 bits per heavy atom. The van der Waals surface area contributed by atoms with E-state index in [9.17, 15) is 9.59 Å². The first-order valence-electron chi connectivity index (χ1n) is 8.08. The van der Waals surface area contributed by atoms with Gasteiger partial charge in [-0.3, -0.25) is 9.59 Å². The monoisotopic (exact) mass is 315 g/mol. The molecule has 0 radical (unpaired) electrons. The SMILES string of the molecule is O=C(O)CCCCCCCNC(=O)/C=C/C=C/c1ccccc1. The number of carbonyl (C=O) groups excluding carboxylic acids is 1. The van der Waals surface area contributed by atoms with E-state index in [0.29, 0.717) is 6.54 Å². The van der Waals surface area contributed by atoms with Gasteiger partial charge in [-0.1, -0.05) is 67.8 Å². The van der Waals surface area contributed by atoms with Crippen molar-refractivity contribution < 1.29 is 14.7 Å². The predicted molar refractivity (Wildman–Crippen MR) is 93.0 cm³/mol. The van der Waals surface area contributed by atoms with Gasteiger partial charge in [-0.25, -0.2) is 0 Å². The molecular weight excluding hydrogens is 290 g/mol. The van der Waals surface area contributed by atoms with Crippen molar-refractivity contribution in [1.82, 2.24) is 5.32 Å². The number of aliphatic carboxylic acids is 1. The number of carboxylic acid groups (broad SMARTS) is 1. The van der Waals surface area contributed by atoms with Crippen molar-refractivity contribution >= 4 is 18.0 Å². The van der Waals surface area contributed by atoms with Crippen molar-refractivity contribution in [3.8, 4) is 0 Å². The van der Waals surface area contributed by atoms with E-state index in [0.717, 1.165) is 37.7 Å². The maximum absolute atomic E-state index is 11.6. The fourth-order valence-electron chi connectivity index (χ4n) is 2.08. The Morgan fingerprint density at radius 2 is 1.65 bits per heavy atom. The number of hydrogen-bond donors (Lipinski definition) is 2. The van der Waals surface area contributed by atoms with Crippen LogP contribution in [0, 0.1) is 0 Å². The van der Waals surface area contributed by atoms with Gasteiger partial charge in [0.05, 0.1) is 0 Å². The summed E-state index contributed by atoms with van der Waals surface area (Å²) in [4.78, 5) is 21.9. The largest absolute Gasteiger partial charge is 0.481 e. The molecule has 0 aliphatic heterocycles. The lowest BCUT2D eigenvalue weighted by Gasteiger charge is -2.02. The second-order valence-corrected chi connectivity index (χ2v) is 5.33. The minimum atomic E-state index is -0.731. The Morgan fingerprint density at radius 3 is 2.39 bits per heavy atom. The summed E-state index contributed by atoms with van der Waals surface area (Å²) in [5.74, 6) is -0.820. The lowest BCUT2D eigenvalue weighted by molar-refractivity contribution is -0.137. The van der Waals surface area contributed by atoms with E-state index in [1.165, 1.54) is 6.08 Å². The van der Waals surface area contributed by atoms with Gasteiger partial charge in [0.25, 0.3) is 0 Å². The Balaban J connectivity index is 2.03. The molecule has 1 rings (SSSR count). The predicted octanol–water partition coefficient (Wildman–Crippen LogP) is 3.80. The highest BCUT2D eigenvalue weighted by Crippen LogP contribution is 2.04. The number of nitrogens with one attached hydrogen (secondary N) is 1. The molecule has 1 aromatic carbocycles. The smallest absolute Gasteiger partial charge is 0.303 e. The molecule has 0 saturated heterocycles. The zero-order valence-electron chi connectivity index (χ0n) is 13.4. The van der Waals surface area contributed by atoms with Gasteiger partial charge < -0.3 is 10.4 Å². The lowest BCUT2D eigenvalue weighted by Crippen LogP contribution is -2.21. The van der Waals surface area contributed by atoms with Crippen LogP contribution >= 0.6 is 0 Å². The molecule has 0 aliphatic rings. The van der Waals surface area contributed by atoms with E-state index in [1.807, 2.05) is 42.5 Å². The van der Waals surface area contributed by atoms with Gasteiger partial charge in [-0.15, -0.1) is 0 Å². The molecule has 1 amide bonds. The average Bonchev–Trinajstić information content (AvgIpc) is 2.55. The van der Waals surface area contributed by atoms with Crippen LogP contribution in [0.4, 0.5) is 0 Å². The van der Waals surface area contributed by atoms with Crippen molar-refractivity contribution in [3.63, 3.8) is 0 Å². The maximum atomic E-state index is 11.6. The molecule has 0 aromatic heterocycles. The van der Waals surface area contributed by atoms with Gasteiger partial charge in [0.2, 0.25) is 5.91 Å². The van der Waals surface area contributed by atoms with Gasteiger partial charge >= 0.3 is 5.97 Å². The molecule has 4 nitrogen and oxygen atoms in total. The number of amides is 1. The van der Waals surface area contributed by atoms with Crippen LogP contribution in [0.3, 0.4) is 0 Å². The van der Waals surface area contributed by atoms with Gasteiger partial charge in [0, 0.05) is 19.0 Å². The van der Waals surface area contributed by atoms with Crippen molar-refractivity contribution in [2.75, 3.05) is 6.54 Å². The third-order valence-corrected chi connectivity index (χ3v) is 3.31. The Kier molecular flexibility index (Phi) is 9.92. The third-order valence-electron chi connectivity index (χ3n) is 3.31. The molecule has 0 aliphatic carbocycles. The second-order valence-electron chi connectivity index (χ2n) is 5.33. The molecule has 0 atom stereocenters. The number of benzene rings is 1. The summed E-state index contributed by atoms with van der Waals surface area (Å²) in [7, 11) is 0. The summed E-state index contributed by atoms with van der Waals surface area (Å²) in [6, 6.07) is 9.91. The van der Waals surface area contributed by atoms with Gasteiger partial charge in [0.15, 0.2) is 0 Å². The van der Waals surface area contributed by atoms with Gasteiger partial charge in [-0.05, 0) is 18.4 Å².